The predicted molar refractivity (Wildman–Crippen MR) is 128 cm³/mol. The summed E-state index contributed by atoms with van der Waals surface area (Å²) in [6.07, 6.45) is 0.883. The van der Waals surface area contributed by atoms with Crippen molar-refractivity contribution in [3.63, 3.8) is 0 Å². The lowest BCUT2D eigenvalue weighted by Crippen LogP contribution is -2.12. The summed E-state index contributed by atoms with van der Waals surface area (Å²) in [4.78, 5) is 18.2. The van der Waals surface area contributed by atoms with Gasteiger partial charge >= 0.3 is 0 Å². The third kappa shape index (κ3) is 5.77. The molecule has 0 saturated heterocycles. The van der Waals surface area contributed by atoms with Crippen LogP contribution in [0.1, 0.15) is 23.8 Å². The van der Waals surface area contributed by atoms with Gasteiger partial charge in [0.15, 0.2) is 16.6 Å². The standard InChI is InChI=1S/C23H25BrN2O4S/c1-5-30-17-9-6-15(7-10-17)22-14(2)31-23(26-22)25-21(27)11-8-16-12-19(28-3)20(29-4)13-18(16)24/h6-7,9-10,12-13H,5,8,11H2,1-4H3,(H,25,26,27). The zero-order valence-corrected chi connectivity index (χ0v) is 20.4. The first-order valence-electron chi connectivity index (χ1n) is 9.86. The van der Waals surface area contributed by atoms with E-state index >= 15 is 0 Å². The number of hydrogen-bond donors (Lipinski definition) is 1. The molecule has 1 amide bonds. The average molecular weight is 505 g/mol. The summed E-state index contributed by atoms with van der Waals surface area (Å²) in [5.74, 6) is 2.02. The second-order valence-electron chi connectivity index (χ2n) is 6.73. The van der Waals surface area contributed by atoms with E-state index in [1.165, 1.54) is 11.3 Å². The van der Waals surface area contributed by atoms with Crippen LogP contribution in [0.5, 0.6) is 17.2 Å². The van der Waals surface area contributed by atoms with Crippen LogP contribution in [0.15, 0.2) is 40.9 Å². The molecule has 3 rings (SSSR count). The van der Waals surface area contributed by atoms with Gasteiger partial charge in [0.2, 0.25) is 5.91 Å². The summed E-state index contributed by atoms with van der Waals surface area (Å²) in [5.41, 5.74) is 2.83. The maximum atomic E-state index is 12.5. The highest BCUT2D eigenvalue weighted by Crippen LogP contribution is 2.34. The quantitative estimate of drug-likeness (QED) is 0.394. The Morgan fingerprint density at radius 2 is 1.81 bits per heavy atom. The van der Waals surface area contributed by atoms with Gasteiger partial charge < -0.3 is 19.5 Å². The Labute approximate surface area is 194 Å². The molecule has 3 aromatic rings. The van der Waals surface area contributed by atoms with Gasteiger partial charge in [-0.05, 0) is 62.2 Å². The fraction of sp³-hybridized carbons (Fsp3) is 0.304. The van der Waals surface area contributed by atoms with Crippen molar-refractivity contribution < 1.29 is 19.0 Å². The molecule has 0 spiro atoms. The Kier molecular flexibility index (Phi) is 7.92. The minimum atomic E-state index is -0.0892. The van der Waals surface area contributed by atoms with Crippen LogP contribution in [-0.4, -0.2) is 31.7 Å². The molecule has 0 aliphatic carbocycles. The molecule has 0 fully saturated rings. The van der Waals surface area contributed by atoms with Gasteiger partial charge in [-0.3, -0.25) is 4.79 Å². The molecular formula is C23H25BrN2O4S. The second kappa shape index (κ2) is 10.6. The smallest absolute Gasteiger partial charge is 0.226 e. The van der Waals surface area contributed by atoms with E-state index in [9.17, 15) is 4.79 Å². The molecule has 0 bridgehead atoms. The van der Waals surface area contributed by atoms with E-state index in [0.717, 1.165) is 31.9 Å². The molecule has 0 radical (unpaired) electrons. The minimum absolute atomic E-state index is 0.0892. The number of rotatable bonds is 9. The summed E-state index contributed by atoms with van der Waals surface area (Å²) in [5, 5.41) is 3.51. The lowest BCUT2D eigenvalue weighted by Gasteiger charge is -2.11. The van der Waals surface area contributed by atoms with Crippen molar-refractivity contribution in [2.45, 2.75) is 26.7 Å². The Morgan fingerprint density at radius 3 is 2.45 bits per heavy atom. The van der Waals surface area contributed by atoms with Gasteiger partial charge in [-0.15, -0.1) is 11.3 Å². The molecule has 164 valence electrons. The van der Waals surface area contributed by atoms with Gasteiger partial charge in [0.25, 0.3) is 0 Å². The molecule has 0 unspecified atom stereocenters. The first kappa shape index (κ1) is 23.1. The monoisotopic (exact) mass is 504 g/mol. The Bertz CT molecular complexity index is 1050. The predicted octanol–water partition coefficient (Wildman–Crippen LogP) is 5.87. The van der Waals surface area contributed by atoms with Crippen molar-refractivity contribution in [1.82, 2.24) is 4.98 Å². The van der Waals surface area contributed by atoms with Gasteiger partial charge in [-0.25, -0.2) is 4.98 Å². The van der Waals surface area contributed by atoms with Gasteiger partial charge in [-0.1, -0.05) is 15.9 Å². The van der Waals surface area contributed by atoms with E-state index in [4.69, 9.17) is 14.2 Å². The largest absolute Gasteiger partial charge is 0.494 e. The number of aryl methyl sites for hydroxylation is 2. The normalized spacial score (nSPS) is 10.6. The van der Waals surface area contributed by atoms with E-state index in [1.807, 2.05) is 50.2 Å². The molecule has 1 N–H and O–H groups in total. The van der Waals surface area contributed by atoms with Crippen molar-refractivity contribution in [3.8, 4) is 28.5 Å². The summed E-state index contributed by atoms with van der Waals surface area (Å²) in [7, 11) is 3.18. The molecule has 31 heavy (non-hydrogen) atoms. The molecule has 1 aromatic heterocycles. The minimum Gasteiger partial charge on any atom is -0.494 e. The van der Waals surface area contributed by atoms with Crippen LogP contribution < -0.4 is 19.5 Å². The number of carbonyl (C=O) groups is 1. The summed E-state index contributed by atoms with van der Waals surface area (Å²) in [6.45, 7) is 4.59. The molecular weight excluding hydrogens is 480 g/mol. The molecule has 0 aliphatic heterocycles. The maximum Gasteiger partial charge on any atom is 0.226 e. The molecule has 8 heteroatoms. The number of anilines is 1. The van der Waals surface area contributed by atoms with Crippen LogP contribution >= 0.6 is 27.3 Å². The molecule has 1 heterocycles. The van der Waals surface area contributed by atoms with E-state index < -0.39 is 0 Å². The zero-order chi connectivity index (χ0) is 22.4. The zero-order valence-electron chi connectivity index (χ0n) is 18.0. The maximum absolute atomic E-state index is 12.5. The number of nitrogens with one attached hydrogen (secondary N) is 1. The number of amides is 1. The van der Waals surface area contributed by atoms with Crippen LogP contribution in [0.3, 0.4) is 0 Å². The number of thiazole rings is 1. The van der Waals surface area contributed by atoms with Crippen LogP contribution in [0.25, 0.3) is 11.3 Å². The first-order valence-corrected chi connectivity index (χ1v) is 11.5. The van der Waals surface area contributed by atoms with Gasteiger partial charge in [-0.2, -0.15) is 0 Å². The SMILES string of the molecule is CCOc1ccc(-c2nc(NC(=O)CCc3cc(OC)c(OC)cc3Br)sc2C)cc1. The van der Waals surface area contributed by atoms with Crippen LogP contribution in [0, 0.1) is 6.92 Å². The number of ether oxygens (including phenoxy) is 3. The first-order chi connectivity index (χ1) is 14.9. The molecule has 6 nitrogen and oxygen atoms in total. The van der Waals surface area contributed by atoms with Gasteiger partial charge in [0.1, 0.15) is 5.75 Å². The molecule has 2 aromatic carbocycles. The lowest BCUT2D eigenvalue weighted by atomic mass is 10.1. The number of methoxy groups -OCH3 is 2. The van der Waals surface area contributed by atoms with Crippen LogP contribution in [-0.2, 0) is 11.2 Å². The molecule has 0 saturated carbocycles. The Balaban J connectivity index is 1.64. The number of hydrogen-bond acceptors (Lipinski definition) is 6. The van der Waals surface area contributed by atoms with Gasteiger partial charge in [0, 0.05) is 21.3 Å². The summed E-state index contributed by atoms with van der Waals surface area (Å²) < 4.78 is 17.0. The highest BCUT2D eigenvalue weighted by atomic mass is 79.9. The lowest BCUT2D eigenvalue weighted by molar-refractivity contribution is -0.116. The van der Waals surface area contributed by atoms with Crippen LogP contribution in [0.2, 0.25) is 0 Å². The number of aromatic nitrogens is 1. The van der Waals surface area contributed by atoms with Gasteiger partial charge in [0.05, 0.1) is 26.5 Å². The third-order valence-electron chi connectivity index (χ3n) is 4.66. The van der Waals surface area contributed by atoms with Crippen molar-refractivity contribution in [2.24, 2.45) is 0 Å². The highest BCUT2D eigenvalue weighted by Gasteiger charge is 2.14. The average Bonchev–Trinajstić information content (AvgIpc) is 3.13. The van der Waals surface area contributed by atoms with E-state index in [2.05, 4.69) is 26.2 Å². The van der Waals surface area contributed by atoms with Crippen molar-refractivity contribution >= 4 is 38.3 Å². The Hall–Kier alpha value is -2.58. The van der Waals surface area contributed by atoms with E-state index in [-0.39, 0.29) is 5.91 Å². The summed E-state index contributed by atoms with van der Waals surface area (Å²) in [6, 6.07) is 11.5. The fourth-order valence-corrected chi connectivity index (χ4v) is 4.48. The van der Waals surface area contributed by atoms with E-state index in [1.54, 1.807) is 14.2 Å². The number of benzene rings is 2. The number of halogens is 1. The fourth-order valence-electron chi connectivity index (χ4n) is 3.11. The van der Waals surface area contributed by atoms with E-state index in [0.29, 0.717) is 36.1 Å². The van der Waals surface area contributed by atoms with Crippen LogP contribution in [0.4, 0.5) is 5.13 Å². The Morgan fingerprint density at radius 1 is 1.13 bits per heavy atom. The number of nitrogens with zero attached hydrogens (tertiary/aromatic N) is 1. The van der Waals surface area contributed by atoms with Crippen molar-refractivity contribution in [2.75, 3.05) is 26.1 Å². The molecule has 0 atom stereocenters. The topological polar surface area (TPSA) is 69.7 Å². The number of carbonyl (C=O) groups excluding carboxylic acids is 1. The summed E-state index contributed by atoms with van der Waals surface area (Å²) >= 11 is 5.00. The van der Waals surface area contributed by atoms with Crippen molar-refractivity contribution in [1.29, 1.82) is 0 Å². The highest BCUT2D eigenvalue weighted by molar-refractivity contribution is 9.10. The second-order valence-corrected chi connectivity index (χ2v) is 8.79. The van der Waals surface area contributed by atoms with Crippen molar-refractivity contribution in [3.05, 3.63) is 51.3 Å². The molecule has 0 aliphatic rings. The third-order valence-corrected chi connectivity index (χ3v) is 6.28.